The topological polar surface area (TPSA) is 199 Å². The molecule has 0 aromatic heterocycles. The van der Waals surface area contributed by atoms with Crippen LogP contribution in [0.15, 0.2) is 12.7 Å². The maximum absolute atomic E-state index is 9.24. The average molecular weight is 438 g/mol. The summed E-state index contributed by atoms with van der Waals surface area (Å²) in [5.74, 6) is 0. The van der Waals surface area contributed by atoms with Crippen molar-refractivity contribution in [3.63, 3.8) is 0 Å². The third kappa shape index (κ3) is 55.7. The van der Waals surface area contributed by atoms with E-state index in [1.807, 2.05) is 0 Å². The molecular weight excluding hydrogens is 432 g/mol. The molecule has 19 heavy (non-hydrogen) atoms. The Morgan fingerprint density at radius 2 is 1.05 bits per heavy atom. The Balaban J connectivity index is -0.0000000900. The number of hydrogen-bond acceptors (Lipinski definition) is 11. The van der Waals surface area contributed by atoms with Gasteiger partial charge in [0.1, 0.15) is 8.62 Å². The van der Waals surface area contributed by atoms with Crippen LogP contribution in [0.5, 0.6) is 0 Å². The van der Waals surface area contributed by atoms with E-state index in [1.165, 1.54) is 6.08 Å². The van der Waals surface area contributed by atoms with Crippen LogP contribution in [0.4, 0.5) is 0 Å². The van der Waals surface area contributed by atoms with E-state index in [4.69, 9.17) is 5.11 Å². The van der Waals surface area contributed by atoms with Gasteiger partial charge in [0, 0.05) is 0 Å². The minimum Gasteiger partial charge on any atom is -0.563 e. The average Bonchev–Trinajstić information content (AvgIpc) is 2.14. The minimum absolute atomic E-state index is 0. The van der Waals surface area contributed by atoms with Crippen LogP contribution in [0.2, 0.25) is 0 Å². The van der Waals surface area contributed by atoms with Gasteiger partial charge in [-0.25, -0.2) is 0 Å². The van der Waals surface area contributed by atoms with Gasteiger partial charge in [-0.15, -0.1) is 6.58 Å². The molecule has 0 rings (SSSR count). The van der Waals surface area contributed by atoms with E-state index in [-0.39, 0.29) is 27.7 Å². The largest absolute Gasteiger partial charge is 4.00 e. The van der Waals surface area contributed by atoms with E-state index in [0.717, 1.165) is 0 Å². The Labute approximate surface area is 125 Å². The Kier molecular flexibility index (Phi) is 30.5. The molecule has 0 aliphatic carbocycles. The van der Waals surface area contributed by atoms with Gasteiger partial charge in [0.25, 0.3) is 0 Å². The van der Waals surface area contributed by atoms with Crippen LogP contribution in [0.25, 0.3) is 0 Å². The monoisotopic (exact) mass is 440 g/mol. The summed E-state index contributed by atoms with van der Waals surface area (Å²) >= 11 is 0. The van der Waals surface area contributed by atoms with Crippen LogP contribution in [0, 0.1) is 0 Å². The maximum Gasteiger partial charge on any atom is 4.00 e. The van der Waals surface area contributed by atoms with E-state index in [0.29, 0.717) is 0 Å². The predicted molar refractivity (Wildman–Crippen MR) is 49.9 cm³/mol. The number of aliphatic hydroxyl groups is 1. The summed E-state index contributed by atoms with van der Waals surface area (Å²) < 4.78 is 43.3. The SMILES string of the molecule is C=CCO.O=[P+]([O-])O[P+](=O)[O-].O=[P+]([O-])O[P+](=O)[O-].[Mo+4]. The van der Waals surface area contributed by atoms with Crippen LogP contribution in [0.1, 0.15) is 0 Å². The molecule has 106 valence electrons. The van der Waals surface area contributed by atoms with E-state index in [9.17, 15) is 37.8 Å². The van der Waals surface area contributed by atoms with Crippen LogP contribution in [-0.4, -0.2) is 11.7 Å². The zero-order valence-corrected chi connectivity index (χ0v) is 14.3. The second kappa shape index (κ2) is 20.9. The van der Waals surface area contributed by atoms with Crippen molar-refractivity contribution in [1.29, 1.82) is 0 Å². The van der Waals surface area contributed by atoms with Crippen LogP contribution in [0.3, 0.4) is 0 Å². The fourth-order valence-electron chi connectivity index (χ4n) is 0.109. The van der Waals surface area contributed by atoms with Gasteiger partial charge in [-0.1, -0.05) is 6.08 Å². The molecule has 16 heteroatoms. The molecule has 0 amide bonds. The first-order chi connectivity index (χ1) is 8.17. The Bertz CT molecular complexity index is 256. The summed E-state index contributed by atoms with van der Waals surface area (Å²) in [5, 5.41) is 7.76. The molecule has 0 bridgehead atoms. The molecule has 0 heterocycles. The zero-order valence-electron chi connectivity index (χ0n) is 8.72. The standard InChI is InChI=1S/C3H6O.Mo.2O5P2/c1-2-3-4;;2*1-6(2)5-7(3)4/h2,4H,1,3H2;;;/q;+4;;. The van der Waals surface area contributed by atoms with Gasteiger partial charge in [0.2, 0.25) is 0 Å². The van der Waals surface area contributed by atoms with Crippen LogP contribution < -0.4 is 19.6 Å². The molecular formula is C3H6MoO11P4+4. The fraction of sp³-hybridized carbons (Fsp3) is 0.333. The second-order valence-corrected chi connectivity index (χ2v) is 4.62. The van der Waals surface area contributed by atoms with Crippen molar-refractivity contribution in [1.82, 2.24) is 0 Å². The third-order valence-corrected chi connectivity index (χ3v) is 2.53. The third-order valence-electron chi connectivity index (χ3n) is 0.396. The first kappa shape index (κ1) is 27.8. The number of hydrogen-bond donors (Lipinski definition) is 1. The second-order valence-electron chi connectivity index (χ2n) is 1.53. The Morgan fingerprint density at radius 3 is 1.05 bits per heavy atom. The van der Waals surface area contributed by atoms with E-state index in [2.05, 4.69) is 15.2 Å². The number of rotatable bonds is 5. The molecule has 0 saturated heterocycles. The van der Waals surface area contributed by atoms with E-state index in [1.54, 1.807) is 0 Å². The molecule has 0 fully saturated rings. The summed E-state index contributed by atoms with van der Waals surface area (Å²) in [6, 6.07) is 0. The van der Waals surface area contributed by atoms with Gasteiger partial charge in [-0.05, 0) is 18.3 Å². The van der Waals surface area contributed by atoms with Crippen LogP contribution >= 0.6 is 33.0 Å². The summed E-state index contributed by atoms with van der Waals surface area (Å²) in [6.07, 6.45) is 1.43. The van der Waals surface area contributed by atoms with Crippen molar-refractivity contribution >= 4 is 33.0 Å². The number of aliphatic hydroxyl groups excluding tert-OH is 1. The summed E-state index contributed by atoms with van der Waals surface area (Å²) in [7, 11) is -12.9. The van der Waals surface area contributed by atoms with E-state index >= 15 is 0 Å². The normalized spacial score (nSPS) is 11.2. The van der Waals surface area contributed by atoms with Crippen molar-refractivity contribution < 1.29 is 72.6 Å². The van der Waals surface area contributed by atoms with Crippen molar-refractivity contribution in [3.8, 4) is 0 Å². The Hall–Kier alpha value is 0.548. The molecule has 0 spiro atoms. The van der Waals surface area contributed by atoms with Gasteiger partial charge in [0.05, 0.1) is 6.61 Å². The molecule has 1 N–H and O–H groups in total. The molecule has 0 aliphatic heterocycles. The summed E-state index contributed by atoms with van der Waals surface area (Å²) in [4.78, 5) is 37.0. The van der Waals surface area contributed by atoms with Crippen molar-refractivity contribution in [2.45, 2.75) is 0 Å². The van der Waals surface area contributed by atoms with Crippen molar-refractivity contribution in [2.24, 2.45) is 0 Å². The first-order valence-electron chi connectivity index (χ1n) is 3.32. The first-order valence-corrected chi connectivity index (χ1v) is 7.71. The van der Waals surface area contributed by atoms with Gasteiger partial charge >= 0.3 is 54.1 Å². The summed E-state index contributed by atoms with van der Waals surface area (Å²) in [6.45, 7) is 3.31. The molecule has 4 atom stereocenters. The minimum atomic E-state index is -3.24. The van der Waals surface area contributed by atoms with Crippen molar-refractivity contribution in [2.75, 3.05) is 6.61 Å². The van der Waals surface area contributed by atoms with Crippen molar-refractivity contribution in [3.05, 3.63) is 12.7 Å². The molecule has 0 aromatic carbocycles. The van der Waals surface area contributed by atoms with Gasteiger partial charge < -0.3 is 24.7 Å². The van der Waals surface area contributed by atoms with Gasteiger partial charge in [-0.3, -0.25) is 0 Å². The fourth-order valence-corrected chi connectivity index (χ4v) is 0.980. The van der Waals surface area contributed by atoms with Crippen LogP contribution in [-0.2, 0) is 47.9 Å². The summed E-state index contributed by atoms with van der Waals surface area (Å²) in [5.41, 5.74) is 0. The van der Waals surface area contributed by atoms with E-state index < -0.39 is 33.0 Å². The quantitative estimate of drug-likeness (QED) is 0.290. The maximum atomic E-state index is 9.24. The predicted octanol–water partition coefficient (Wildman–Crippen LogP) is -1.76. The molecule has 0 saturated carbocycles. The molecule has 0 aromatic rings. The molecule has 0 radical (unpaired) electrons. The zero-order chi connectivity index (χ0) is 15.1. The van der Waals surface area contributed by atoms with Gasteiger partial charge in [0.15, 0.2) is 0 Å². The van der Waals surface area contributed by atoms with Gasteiger partial charge in [-0.2, -0.15) is 0 Å². The molecule has 11 nitrogen and oxygen atoms in total. The smallest absolute Gasteiger partial charge is 0.563 e. The molecule has 4 unspecified atom stereocenters. The molecule has 0 aliphatic rings. The Morgan fingerprint density at radius 1 is 0.895 bits per heavy atom.